The molecule has 25 heavy (non-hydrogen) atoms. The maximum atomic E-state index is 12.1. The first-order chi connectivity index (χ1) is 11.9. The third-order valence-electron chi connectivity index (χ3n) is 3.52. The first-order valence-corrected chi connectivity index (χ1v) is 9.13. The summed E-state index contributed by atoms with van der Waals surface area (Å²) >= 11 is 9.20. The van der Waals surface area contributed by atoms with Crippen molar-refractivity contribution in [1.29, 1.82) is 0 Å². The van der Waals surface area contributed by atoms with E-state index in [4.69, 9.17) is 11.6 Å². The van der Waals surface area contributed by atoms with Crippen molar-refractivity contribution in [1.82, 2.24) is 15.5 Å². The zero-order chi connectivity index (χ0) is 18.4. The predicted molar refractivity (Wildman–Crippen MR) is 102 cm³/mol. The summed E-state index contributed by atoms with van der Waals surface area (Å²) in [4.78, 5) is 24.0. The fourth-order valence-corrected chi connectivity index (χ4v) is 3.11. The van der Waals surface area contributed by atoms with Gasteiger partial charge in [-0.3, -0.25) is 14.7 Å². The summed E-state index contributed by atoms with van der Waals surface area (Å²) in [7, 11) is 0. The third-order valence-corrected chi connectivity index (χ3v) is 4.57. The zero-order valence-corrected chi connectivity index (χ0v) is 16.4. The van der Waals surface area contributed by atoms with Gasteiger partial charge in [0, 0.05) is 23.7 Å². The highest BCUT2D eigenvalue weighted by molar-refractivity contribution is 9.10. The van der Waals surface area contributed by atoms with Crippen LogP contribution in [-0.2, 0) is 4.79 Å². The molecule has 0 aliphatic heterocycles. The molecule has 0 bridgehead atoms. The van der Waals surface area contributed by atoms with E-state index < -0.39 is 0 Å². The molecular formula is C17H20BrClN4O2. The summed E-state index contributed by atoms with van der Waals surface area (Å²) < 4.78 is 0.681. The van der Waals surface area contributed by atoms with Crippen LogP contribution < -0.4 is 10.6 Å². The van der Waals surface area contributed by atoms with Gasteiger partial charge in [-0.25, -0.2) is 0 Å². The fraction of sp³-hybridized carbons (Fsp3) is 0.353. The number of nitrogens with one attached hydrogen (secondary N) is 3. The smallest absolute Gasteiger partial charge is 0.272 e. The van der Waals surface area contributed by atoms with E-state index in [-0.39, 0.29) is 17.7 Å². The molecule has 1 aromatic heterocycles. The van der Waals surface area contributed by atoms with E-state index in [2.05, 4.69) is 36.8 Å². The first kappa shape index (κ1) is 19.5. The van der Waals surface area contributed by atoms with Crippen LogP contribution in [0.4, 0.5) is 5.69 Å². The second-order valence-corrected chi connectivity index (χ2v) is 7.10. The van der Waals surface area contributed by atoms with Crippen LogP contribution in [0, 0.1) is 0 Å². The van der Waals surface area contributed by atoms with E-state index in [0.717, 1.165) is 5.69 Å². The fourth-order valence-electron chi connectivity index (χ4n) is 2.17. The molecule has 0 radical (unpaired) electrons. The average molecular weight is 428 g/mol. The lowest BCUT2D eigenvalue weighted by Gasteiger charge is -2.06. The van der Waals surface area contributed by atoms with Crippen LogP contribution in [0.15, 0.2) is 28.7 Å². The van der Waals surface area contributed by atoms with Gasteiger partial charge < -0.3 is 10.6 Å². The minimum atomic E-state index is -0.270. The lowest BCUT2D eigenvalue weighted by molar-refractivity contribution is -0.116. The molecule has 2 rings (SSSR count). The number of aromatic nitrogens is 2. The molecule has 8 heteroatoms. The molecule has 0 atom stereocenters. The molecule has 0 saturated carbocycles. The van der Waals surface area contributed by atoms with Gasteiger partial charge in [-0.1, -0.05) is 25.4 Å². The molecular weight excluding hydrogens is 408 g/mol. The number of nitrogens with zero attached hydrogens (tertiary/aromatic N) is 1. The van der Waals surface area contributed by atoms with Gasteiger partial charge in [0.05, 0.1) is 10.2 Å². The van der Waals surface area contributed by atoms with Crippen LogP contribution in [0.5, 0.6) is 0 Å². The van der Waals surface area contributed by atoms with Crippen LogP contribution in [0.1, 0.15) is 48.8 Å². The highest BCUT2D eigenvalue weighted by Gasteiger charge is 2.18. The molecule has 3 N–H and O–H groups in total. The topological polar surface area (TPSA) is 86.9 Å². The van der Waals surface area contributed by atoms with Gasteiger partial charge in [0.1, 0.15) is 0 Å². The van der Waals surface area contributed by atoms with Gasteiger partial charge in [-0.15, -0.1) is 0 Å². The molecule has 0 saturated heterocycles. The number of rotatable bonds is 7. The summed E-state index contributed by atoms with van der Waals surface area (Å²) in [6.07, 6.45) is 0.839. The largest absolute Gasteiger partial charge is 0.351 e. The van der Waals surface area contributed by atoms with Gasteiger partial charge in [0.25, 0.3) is 5.91 Å². The summed E-state index contributed by atoms with van der Waals surface area (Å²) in [6.45, 7) is 4.42. The predicted octanol–water partition coefficient (Wildman–Crippen LogP) is 4.10. The normalized spacial score (nSPS) is 10.8. The third kappa shape index (κ3) is 5.57. The van der Waals surface area contributed by atoms with Gasteiger partial charge >= 0.3 is 0 Å². The Morgan fingerprint density at radius 3 is 2.56 bits per heavy atom. The maximum Gasteiger partial charge on any atom is 0.272 e. The molecule has 0 aliphatic carbocycles. The van der Waals surface area contributed by atoms with Crippen LogP contribution in [0.3, 0.4) is 0 Å². The average Bonchev–Trinajstić information content (AvgIpc) is 2.95. The van der Waals surface area contributed by atoms with E-state index in [0.29, 0.717) is 40.3 Å². The van der Waals surface area contributed by atoms with Crippen molar-refractivity contribution in [3.8, 4) is 0 Å². The highest BCUT2D eigenvalue weighted by atomic mass is 79.9. The number of amides is 2. The number of carbonyl (C=O) groups excluding carboxylic acids is 2. The van der Waals surface area contributed by atoms with E-state index in [1.165, 1.54) is 0 Å². The molecule has 0 unspecified atom stereocenters. The lowest BCUT2D eigenvalue weighted by atomic mass is 10.1. The number of hydrogen-bond acceptors (Lipinski definition) is 3. The van der Waals surface area contributed by atoms with Gasteiger partial charge in [0.2, 0.25) is 5.91 Å². The lowest BCUT2D eigenvalue weighted by Crippen LogP contribution is -2.26. The van der Waals surface area contributed by atoms with Crippen molar-refractivity contribution in [2.75, 3.05) is 11.9 Å². The Bertz CT molecular complexity index is 744. The van der Waals surface area contributed by atoms with Crippen molar-refractivity contribution in [3.63, 3.8) is 0 Å². The van der Waals surface area contributed by atoms with Crippen LogP contribution in [0.25, 0.3) is 0 Å². The minimum Gasteiger partial charge on any atom is -0.351 e. The monoisotopic (exact) mass is 426 g/mol. The molecule has 1 heterocycles. The molecule has 2 aromatic rings. The number of carbonyl (C=O) groups is 2. The van der Waals surface area contributed by atoms with Gasteiger partial charge in [0.15, 0.2) is 5.69 Å². The highest BCUT2D eigenvalue weighted by Crippen LogP contribution is 2.25. The van der Waals surface area contributed by atoms with E-state index in [1.807, 2.05) is 13.8 Å². The molecule has 2 amide bonds. The molecule has 0 aliphatic rings. The van der Waals surface area contributed by atoms with E-state index >= 15 is 0 Å². The second kappa shape index (κ2) is 9.01. The number of H-pyrrole nitrogens is 1. The summed E-state index contributed by atoms with van der Waals surface area (Å²) in [6, 6.07) is 6.90. The number of aromatic amines is 1. The first-order valence-electron chi connectivity index (χ1n) is 7.96. The molecule has 1 aromatic carbocycles. The SMILES string of the molecule is CC(C)c1[nH]nc(C(=O)NCCCC(=O)Nc2ccc(Cl)cc2)c1Br. The summed E-state index contributed by atoms with van der Waals surface area (Å²) in [5.41, 5.74) is 1.90. The zero-order valence-electron chi connectivity index (χ0n) is 14.0. The Balaban J connectivity index is 1.74. The Hall–Kier alpha value is -1.86. The Kier molecular flexibility index (Phi) is 7.01. The van der Waals surface area contributed by atoms with Crippen molar-refractivity contribution >= 4 is 45.0 Å². The Morgan fingerprint density at radius 2 is 1.96 bits per heavy atom. The van der Waals surface area contributed by atoms with Crippen LogP contribution in [0.2, 0.25) is 5.02 Å². The van der Waals surface area contributed by atoms with E-state index in [1.54, 1.807) is 24.3 Å². The number of benzene rings is 1. The summed E-state index contributed by atoms with van der Waals surface area (Å²) in [5.74, 6) is -0.146. The van der Waals surface area contributed by atoms with Crippen molar-refractivity contribution in [2.45, 2.75) is 32.6 Å². The standard InChI is InChI=1S/C17H20BrClN4O2/c1-10(2)15-14(18)16(23-22-15)17(25)20-9-3-4-13(24)21-12-7-5-11(19)6-8-12/h5-8,10H,3-4,9H2,1-2H3,(H,20,25)(H,21,24)(H,22,23). The molecule has 6 nitrogen and oxygen atoms in total. The Morgan fingerprint density at radius 1 is 1.28 bits per heavy atom. The van der Waals surface area contributed by atoms with Crippen LogP contribution in [-0.4, -0.2) is 28.6 Å². The van der Waals surface area contributed by atoms with E-state index in [9.17, 15) is 9.59 Å². The van der Waals surface area contributed by atoms with Gasteiger partial charge in [-0.05, 0) is 52.5 Å². The maximum absolute atomic E-state index is 12.1. The number of hydrogen-bond donors (Lipinski definition) is 3. The van der Waals surface area contributed by atoms with Gasteiger partial charge in [-0.2, -0.15) is 5.10 Å². The Labute approximate surface area is 159 Å². The number of halogens is 2. The number of anilines is 1. The second-order valence-electron chi connectivity index (χ2n) is 5.87. The quantitative estimate of drug-likeness (QED) is 0.581. The minimum absolute atomic E-state index is 0.111. The summed E-state index contributed by atoms with van der Waals surface area (Å²) in [5, 5.41) is 13.1. The van der Waals surface area contributed by atoms with Crippen molar-refractivity contribution in [3.05, 3.63) is 45.1 Å². The molecule has 134 valence electrons. The molecule has 0 spiro atoms. The van der Waals surface area contributed by atoms with Crippen LogP contribution >= 0.6 is 27.5 Å². The molecule has 0 fully saturated rings. The van der Waals surface area contributed by atoms with Crippen molar-refractivity contribution < 1.29 is 9.59 Å². The van der Waals surface area contributed by atoms with Crippen molar-refractivity contribution in [2.24, 2.45) is 0 Å².